The fourth-order valence-corrected chi connectivity index (χ4v) is 3.45. The van der Waals surface area contributed by atoms with Gasteiger partial charge in [-0.15, -0.1) is 0 Å². The van der Waals surface area contributed by atoms with Crippen molar-refractivity contribution in [1.29, 1.82) is 0 Å². The van der Waals surface area contributed by atoms with Gasteiger partial charge in [0.1, 0.15) is 0 Å². The van der Waals surface area contributed by atoms with Crippen LogP contribution in [0.1, 0.15) is 43.7 Å². The number of rotatable bonds is 3. The van der Waals surface area contributed by atoms with E-state index >= 15 is 0 Å². The molecule has 2 N–H and O–H groups in total. The lowest BCUT2D eigenvalue weighted by Gasteiger charge is -2.28. The summed E-state index contributed by atoms with van der Waals surface area (Å²) >= 11 is 0. The molecule has 1 aliphatic heterocycles. The first-order chi connectivity index (χ1) is 10.3. The van der Waals surface area contributed by atoms with Gasteiger partial charge >= 0.3 is 0 Å². The lowest BCUT2D eigenvalue weighted by molar-refractivity contribution is 0.234. The van der Waals surface area contributed by atoms with Crippen LogP contribution in [0, 0.1) is 0 Å². The van der Waals surface area contributed by atoms with Crippen molar-refractivity contribution >= 4 is 10.8 Å². The van der Waals surface area contributed by atoms with E-state index in [0.717, 1.165) is 6.54 Å². The van der Waals surface area contributed by atoms with Gasteiger partial charge in [0.2, 0.25) is 0 Å². The number of nitrogens with zero attached hydrogens (tertiary/aromatic N) is 1. The molecule has 2 heteroatoms. The molecule has 1 fully saturated rings. The molecular weight excluding hydrogens is 256 g/mol. The van der Waals surface area contributed by atoms with Crippen molar-refractivity contribution in [2.24, 2.45) is 5.73 Å². The van der Waals surface area contributed by atoms with Crippen LogP contribution in [-0.2, 0) is 0 Å². The summed E-state index contributed by atoms with van der Waals surface area (Å²) in [5.41, 5.74) is 7.83. The van der Waals surface area contributed by atoms with Crippen molar-refractivity contribution in [3.05, 3.63) is 48.0 Å². The van der Waals surface area contributed by atoms with Crippen molar-refractivity contribution < 1.29 is 0 Å². The van der Waals surface area contributed by atoms with E-state index in [9.17, 15) is 0 Å². The lowest BCUT2D eigenvalue weighted by atomic mass is 9.98. The van der Waals surface area contributed by atoms with Gasteiger partial charge in [0, 0.05) is 12.6 Å². The molecule has 2 aromatic carbocycles. The summed E-state index contributed by atoms with van der Waals surface area (Å²) in [6.45, 7) is 3.39. The van der Waals surface area contributed by atoms with Crippen LogP contribution in [0.25, 0.3) is 10.8 Å². The molecule has 112 valence electrons. The standard InChI is InChI=1S/C19H26N2/c20-19(15-21-13-6-2-1-3-7-14-21)18-12-8-10-16-9-4-5-11-17(16)18/h4-5,8-12,19H,1-3,6-7,13-15,20H2. The molecule has 0 amide bonds. The summed E-state index contributed by atoms with van der Waals surface area (Å²) in [6, 6.07) is 15.2. The zero-order chi connectivity index (χ0) is 14.5. The topological polar surface area (TPSA) is 29.3 Å². The van der Waals surface area contributed by atoms with Gasteiger partial charge in [-0.2, -0.15) is 0 Å². The average Bonchev–Trinajstić information content (AvgIpc) is 2.49. The minimum absolute atomic E-state index is 0.107. The Kier molecular flexibility index (Phi) is 4.89. The number of hydrogen-bond acceptors (Lipinski definition) is 2. The van der Waals surface area contributed by atoms with E-state index in [2.05, 4.69) is 47.4 Å². The van der Waals surface area contributed by atoms with E-state index in [1.165, 1.54) is 61.5 Å². The molecule has 1 unspecified atom stereocenters. The summed E-state index contributed by atoms with van der Waals surface area (Å²) < 4.78 is 0. The van der Waals surface area contributed by atoms with Crippen LogP contribution in [-0.4, -0.2) is 24.5 Å². The molecule has 0 aliphatic carbocycles. The van der Waals surface area contributed by atoms with Crippen LogP contribution in [0.15, 0.2) is 42.5 Å². The highest BCUT2D eigenvalue weighted by atomic mass is 15.1. The molecule has 0 spiro atoms. The van der Waals surface area contributed by atoms with E-state index in [4.69, 9.17) is 5.73 Å². The number of hydrogen-bond donors (Lipinski definition) is 1. The van der Waals surface area contributed by atoms with Gasteiger partial charge in [-0.25, -0.2) is 0 Å². The second-order valence-electron chi connectivity index (χ2n) is 6.24. The van der Waals surface area contributed by atoms with Crippen LogP contribution in [0.5, 0.6) is 0 Å². The van der Waals surface area contributed by atoms with Gasteiger partial charge in [-0.05, 0) is 42.3 Å². The predicted molar refractivity (Wildman–Crippen MR) is 90.4 cm³/mol. The zero-order valence-electron chi connectivity index (χ0n) is 12.8. The number of likely N-dealkylation sites (tertiary alicyclic amines) is 1. The molecule has 21 heavy (non-hydrogen) atoms. The van der Waals surface area contributed by atoms with Gasteiger partial charge in [0.25, 0.3) is 0 Å². The van der Waals surface area contributed by atoms with Crippen molar-refractivity contribution in [1.82, 2.24) is 4.90 Å². The molecule has 1 saturated heterocycles. The molecule has 0 saturated carbocycles. The molecular formula is C19H26N2. The SMILES string of the molecule is NC(CN1CCCCCCC1)c1cccc2ccccc12. The fourth-order valence-electron chi connectivity index (χ4n) is 3.45. The summed E-state index contributed by atoms with van der Waals surface area (Å²) in [5, 5.41) is 2.60. The maximum atomic E-state index is 6.54. The first kappa shape index (κ1) is 14.6. The molecule has 0 radical (unpaired) electrons. The quantitative estimate of drug-likeness (QED) is 0.918. The maximum Gasteiger partial charge on any atom is 0.0430 e. The van der Waals surface area contributed by atoms with Crippen molar-refractivity contribution in [2.45, 2.75) is 38.1 Å². The average molecular weight is 282 g/mol. The zero-order valence-corrected chi connectivity index (χ0v) is 12.8. The minimum Gasteiger partial charge on any atom is -0.323 e. The molecule has 2 nitrogen and oxygen atoms in total. The summed E-state index contributed by atoms with van der Waals surface area (Å²) in [7, 11) is 0. The normalized spacial score (nSPS) is 19.1. The third-order valence-electron chi connectivity index (χ3n) is 4.63. The maximum absolute atomic E-state index is 6.54. The van der Waals surface area contributed by atoms with Crippen molar-refractivity contribution in [3.63, 3.8) is 0 Å². The van der Waals surface area contributed by atoms with Crippen LogP contribution in [0.3, 0.4) is 0 Å². The monoisotopic (exact) mass is 282 g/mol. The minimum atomic E-state index is 0.107. The Morgan fingerprint density at radius 3 is 2.33 bits per heavy atom. The van der Waals surface area contributed by atoms with Gasteiger partial charge in [0.05, 0.1) is 0 Å². The van der Waals surface area contributed by atoms with Crippen molar-refractivity contribution in [2.75, 3.05) is 19.6 Å². The Bertz CT molecular complexity index is 565. The third kappa shape index (κ3) is 3.63. The Hall–Kier alpha value is -1.38. The molecule has 1 aliphatic rings. The Morgan fingerprint density at radius 1 is 0.857 bits per heavy atom. The third-order valence-corrected chi connectivity index (χ3v) is 4.63. The second kappa shape index (κ2) is 7.06. The van der Waals surface area contributed by atoms with E-state index in [1.807, 2.05) is 0 Å². The molecule has 0 bridgehead atoms. The van der Waals surface area contributed by atoms with E-state index in [0.29, 0.717) is 0 Å². The Morgan fingerprint density at radius 2 is 1.52 bits per heavy atom. The van der Waals surface area contributed by atoms with Crippen LogP contribution < -0.4 is 5.73 Å². The van der Waals surface area contributed by atoms with Gasteiger partial charge in [-0.3, -0.25) is 0 Å². The second-order valence-corrected chi connectivity index (χ2v) is 6.24. The van der Waals surface area contributed by atoms with E-state index in [-0.39, 0.29) is 6.04 Å². The fraction of sp³-hybridized carbons (Fsp3) is 0.474. The van der Waals surface area contributed by atoms with Gasteiger partial charge in [-0.1, -0.05) is 61.7 Å². The van der Waals surface area contributed by atoms with E-state index in [1.54, 1.807) is 0 Å². The molecule has 1 atom stereocenters. The highest BCUT2D eigenvalue weighted by Crippen LogP contribution is 2.24. The van der Waals surface area contributed by atoms with Crippen molar-refractivity contribution in [3.8, 4) is 0 Å². The molecule has 1 heterocycles. The van der Waals surface area contributed by atoms with Gasteiger partial charge in [0.15, 0.2) is 0 Å². The smallest absolute Gasteiger partial charge is 0.0430 e. The summed E-state index contributed by atoms with van der Waals surface area (Å²) in [5.74, 6) is 0. The first-order valence-corrected chi connectivity index (χ1v) is 8.30. The van der Waals surface area contributed by atoms with E-state index < -0.39 is 0 Å². The summed E-state index contributed by atoms with van der Waals surface area (Å²) in [4.78, 5) is 2.56. The van der Waals surface area contributed by atoms with Crippen LogP contribution in [0.4, 0.5) is 0 Å². The highest BCUT2D eigenvalue weighted by Gasteiger charge is 2.15. The lowest BCUT2D eigenvalue weighted by Crippen LogP contribution is -2.34. The predicted octanol–water partition coefficient (Wildman–Crippen LogP) is 4.11. The largest absolute Gasteiger partial charge is 0.323 e. The first-order valence-electron chi connectivity index (χ1n) is 8.30. The molecule has 0 aromatic heterocycles. The Balaban J connectivity index is 1.75. The number of nitrogens with two attached hydrogens (primary N) is 1. The highest BCUT2D eigenvalue weighted by molar-refractivity contribution is 5.86. The number of fused-ring (bicyclic) bond motifs is 1. The molecule has 3 rings (SSSR count). The van der Waals surface area contributed by atoms with Crippen LogP contribution in [0.2, 0.25) is 0 Å². The number of benzene rings is 2. The molecule has 2 aromatic rings. The summed E-state index contributed by atoms with van der Waals surface area (Å²) in [6.07, 6.45) is 6.80. The Labute approximate surface area is 127 Å². The van der Waals surface area contributed by atoms with Gasteiger partial charge < -0.3 is 10.6 Å². The van der Waals surface area contributed by atoms with Crippen LogP contribution >= 0.6 is 0 Å².